The number of aromatic nitrogens is 1. The number of piperidine rings is 1. The first-order valence-electron chi connectivity index (χ1n) is 10.8. The van der Waals surface area contributed by atoms with E-state index in [0.717, 1.165) is 31.5 Å². The largest absolute Gasteiger partial charge is 0.434 e. The standard InChI is InChI=1S/C24H25ClF2N4O2S.ClH/c1-30(2)17-9-11-31(12-10-17)23(32)15-5-3-14(4-6-15)22-29-20(21(28)34-22)18-13-16(25)7-8-19(18)33-24(26)27;/h3-8,13,17,24H,9-12,28H2,1-2H3;1H. The lowest BCUT2D eigenvalue weighted by atomic mass is 10.0. The van der Waals surface area contributed by atoms with Crippen molar-refractivity contribution in [3.63, 3.8) is 0 Å². The summed E-state index contributed by atoms with van der Waals surface area (Å²) in [6, 6.07) is 12.0. The summed E-state index contributed by atoms with van der Waals surface area (Å²) in [5.41, 5.74) is 8.17. The van der Waals surface area contributed by atoms with Crippen molar-refractivity contribution >= 4 is 46.3 Å². The Labute approximate surface area is 218 Å². The molecule has 0 radical (unpaired) electrons. The van der Waals surface area contributed by atoms with Crippen molar-refractivity contribution in [2.45, 2.75) is 25.5 Å². The Hall–Kier alpha value is -2.46. The third kappa shape index (κ3) is 6.22. The average molecular weight is 543 g/mol. The van der Waals surface area contributed by atoms with E-state index in [1.165, 1.54) is 29.5 Å². The first kappa shape index (κ1) is 27.1. The second kappa shape index (κ2) is 11.5. The van der Waals surface area contributed by atoms with Gasteiger partial charge in [0, 0.05) is 40.8 Å². The predicted molar refractivity (Wildman–Crippen MR) is 139 cm³/mol. The maximum atomic E-state index is 12.9. The summed E-state index contributed by atoms with van der Waals surface area (Å²) in [5, 5.41) is 1.30. The smallest absolute Gasteiger partial charge is 0.387 e. The SMILES string of the molecule is CN(C)C1CCN(C(=O)c2ccc(-c3nc(-c4cc(Cl)ccc4OC(F)F)c(N)s3)cc2)CC1.Cl. The van der Waals surface area contributed by atoms with E-state index >= 15 is 0 Å². The second-order valence-electron chi connectivity index (χ2n) is 8.32. The van der Waals surface area contributed by atoms with Crippen molar-refractivity contribution in [1.82, 2.24) is 14.8 Å². The van der Waals surface area contributed by atoms with Crippen LogP contribution in [0.4, 0.5) is 13.8 Å². The zero-order valence-corrected chi connectivity index (χ0v) is 21.6. The van der Waals surface area contributed by atoms with E-state index in [9.17, 15) is 13.6 Å². The van der Waals surface area contributed by atoms with Crippen LogP contribution < -0.4 is 10.5 Å². The van der Waals surface area contributed by atoms with Crippen LogP contribution in [-0.2, 0) is 0 Å². The van der Waals surface area contributed by atoms with Gasteiger partial charge in [0.2, 0.25) is 0 Å². The summed E-state index contributed by atoms with van der Waals surface area (Å²) >= 11 is 7.29. The Bertz CT molecular complexity index is 1170. The van der Waals surface area contributed by atoms with E-state index in [-0.39, 0.29) is 24.1 Å². The molecule has 2 aromatic carbocycles. The van der Waals surface area contributed by atoms with Gasteiger partial charge < -0.3 is 20.3 Å². The van der Waals surface area contributed by atoms with Crippen molar-refractivity contribution in [3.8, 4) is 27.6 Å². The molecule has 2 heterocycles. The number of nitrogen functional groups attached to an aromatic ring is 1. The van der Waals surface area contributed by atoms with Crippen LogP contribution in [0.25, 0.3) is 21.8 Å². The van der Waals surface area contributed by atoms with Gasteiger partial charge in [0.15, 0.2) is 0 Å². The topological polar surface area (TPSA) is 71.7 Å². The second-order valence-corrected chi connectivity index (χ2v) is 9.78. The van der Waals surface area contributed by atoms with Crippen LogP contribution in [0.2, 0.25) is 5.02 Å². The van der Waals surface area contributed by atoms with Crippen LogP contribution >= 0.6 is 35.3 Å². The van der Waals surface area contributed by atoms with Crippen LogP contribution in [0.5, 0.6) is 5.75 Å². The summed E-state index contributed by atoms with van der Waals surface area (Å²) in [4.78, 5) is 21.6. The van der Waals surface area contributed by atoms with E-state index in [2.05, 4.69) is 28.7 Å². The number of amides is 1. The third-order valence-corrected chi connectivity index (χ3v) is 7.10. The number of nitrogens with zero attached hydrogens (tertiary/aromatic N) is 3. The van der Waals surface area contributed by atoms with Crippen LogP contribution in [0.15, 0.2) is 42.5 Å². The van der Waals surface area contributed by atoms with Gasteiger partial charge in [0.05, 0.1) is 0 Å². The molecule has 4 rings (SSSR count). The minimum Gasteiger partial charge on any atom is -0.434 e. The number of carbonyl (C=O) groups excluding carboxylic acids is 1. The fraction of sp³-hybridized carbons (Fsp3) is 0.333. The molecule has 0 saturated carbocycles. The Balaban J connectivity index is 0.00000342. The van der Waals surface area contributed by atoms with Gasteiger partial charge in [0.25, 0.3) is 5.91 Å². The maximum Gasteiger partial charge on any atom is 0.387 e. The van der Waals surface area contributed by atoms with E-state index in [0.29, 0.717) is 37.9 Å². The van der Waals surface area contributed by atoms with E-state index in [1.54, 1.807) is 12.1 Å². The molecule has 35 heavy (non-hydrogen) atoms. The molecule has 6 nitrogen and oxygen atoms in total. The van der Waals surface area contributed by atoms with Gasteiger partial charge >= 0.3 is 6.61 Å². The first-order valence-corrected chi connectivity index (χ1v) is 12.0. The zero-order chi connectivity index (χ0) is 24.4. The number of benzene rings is 2. The molecule has 1 aliphatic heterocycles. The highest BCUT2D eigenvalue weighted by molar-refractivity contribution is 7.19. The molecular weight excluding hydrogens is 517 g/mol. The van der Waals surface area contributed by atoms with Gasteiger partial charge in [-0.3, -0.25) is 4.79 Å². The van der Waals surface area contributed by atoms with Crippen molar-refractivity contribution in [2.75, 3.05) is 32.9 Å². The molecule has 188 valence electrons. The third-order valence-electron chi connectivity index (χ3n) is 5.93. The Morgan fingerprint density at radius 1 is 1.20 bits per heavy atom. The number of halogens is 4. The summed E-state index contributed by atoms with van der Waals surface area (Å²) in [6.45, 7) is -1.52. The number of hydrogen-bond donors (Lipinski definition) is 1. The molecule has 0 unspecified atom stereocenters. The van der Waals surface area contributed by atoms with Gasteiger partial charge in [-0.05, 0) is 57.3 Å². The van der Waals surface area contributed by atoms with Gasteiger partial charge in [0.1, 0.15) is 21.5 Å². The number of ether oxygens (including phenoxy) is 1. The summed E-state index contributed by atoms with van der Waals surface area (Å²) in [7, 11) is 4.13. The number of rotatable bonds is 6. The number of hydrogen-bond acceptors (Lipinski definition) is 6. The Kier molecular flexibility index (Phi) is 8.93. The monoisotopic (exact) mass is 542 g/mol. The Morgan fingerprint density at radius 2 is 1.86 bits per heavy atom. The quantitative estimate of drug-likeness (QED) is 0.419. The number of anilines is 1. The molecule has 1 fully saturated rings. The highest BCUT2D eigenvalue weighted by atomic mass is 35.5. The van der Waals surface area contributed by atoms with Crippen molar-refractivity contribution in [2.24, 2.45) is 0 Å². The van der Waals surface area contributed by atoms with Crippen LogP contribution in [0.3, 0.4) is 0 Å². The highest BCUT2D eigenvalue weighted by Gasteiger charge is 2.25. The number of thiazole rings is 1. The van der Waals surface area contributed by atoms with Gasteiger partial charge in [-0.1, -0.05) is 35.1 Å². The molecule has 0 atom stereocenters. The normalized spacial score (nSPS) is 14.3. The molecule has 3 aromatic rings. The van der Waals surface area contributed by atoms with Crippen molar-refractivity contribution in [3.05, 3.63) is 53.1 Å². The number of alkyl halides is 2. The molecule has 11 heteroatoms. The fourth-order valence-corrected chi connectivity index (χ4v) is 5.08. The minimum atomic E-state index is -2.99. The molecule has 0 spiro atoms. The lowest BCUT2D eigenvalue weighted by molar-refractivity contribution is -0.0494. The lowest BCUT2D eigenvalue weighted by Crippen LogP contribution is -2.44. The lowest BCUT2D eigenvalue weighted by Gasteiger charge is -2.35. The first-order chi connectivity index (χ1) is 16.2. The fourth-order valence-electron chi connectivity index (χ4n) is 4.06. The minimum absolute atomic E-state index is 0. The van der Waals surface area contributed by atoms with E-state index in [1.807, 2.05) is 17.0 Å². The number of carbonyl (C=O) groups is 1. The highest BCUT2D eigenvalue weighted by Crippen LogP contribution is 2.41. The van der Waals surface area contributed by atoms with Crippen LogP contribution in [0.1, 0.15) is 23.2 Å². The molecular formula is C24H26Cl2F2N4O2S. The molecule has 0 bridgehead atoms. The average Bonchev–Trinajstić information content (AvgIpc) is 3.21. The molecule has 1 aromatic heterocycles. The molecule has 1 aliphatic rings. The van der Waals surface area contributed by atoms with Gasteiger partial charge in [-0.15, -0.1) is 12.4 Å². The summed E-state index contributed by atoms with van der Waals surface area (Å²) in [6.07, 6.45) is 1.91. The molecule has 1 saturated heterocycles. The maximum absolute atomic E-state index is 12.9. The summed E-state index contributed by atoms with van der Waals surface area (Å²) in [5.74, 6) is -0.0438. The predicted octanol–water partition coefficient (Wildman–Crippen LogP) is 5.90. The van der Waals surface area contributed by atoms with Gasteiger partial charge in [-0.2, -0.15) is 8.78 Å². The van der Waals surface area contributed by atoms with E-state index in [4.69, 9.17) is 17.3 Å². The number of likely N-dealkylation sites (tertiary alicyclic amines) is 1. The molecule has 2 N–H and O–H groups in total. The van der Waals surface area contributed by atoms with Crippen LogP contribution in [0, 0.1) is 0 Å². The van der Waals surface area contributed by atoms with E-state index < -0.39 is 6.61 Å². The van der Waals surface area contributed by atoms with Gasteiger partial charge in [-0.25, -0.2) is 4.98 Å². The van der Waals surface area contributed by atoms with Crippen molar-refractivity contribution < 1.29 is 18.3 Å². The van der Waals surface area contributed by atoms with Crippen LogP contribution in [-0.4, -0.2) is 60.5 Å². The zero-order valence-electron chi connectivity index (χ0n) is 19.2. The van der Waals surface area contributed by atoms with Crippen molar-refractivity contribution in [1.29, 1.82) is 0 Å². The molecule has 0 aliphatic carbocycles. The summed E-state index contributed by atoms with van der Waals surface area (Å²) < 4.78 is 30.3. The molecule has 1 amide bonds. The number of nitrogens with two attached hydrogens (primary N) is 1. The Morgan fingerprint density at radius 3 is 2.46 bits per heavy atom.